The van der Waals surface area contributed by atoms with E-state index in [2.05, 4.69) is 10.3 Å². The van der Waals surface area contributed by atoms with Gasteiger partial charge in [0.1, 0.15) is 5.82 Å². The molecule has 0 fully saturated rings. The lowest BCUT2D eigenvalue weighted by Crippen LogP contribution is -2.14. The molecule has 1 aromatic heterocycles. The number of nitrogens with zero attached hydrogens (tertiary/aromatic N) is 1. The normalized spacial score (nSPS) is 10.4. The summed E-state index contributed by atoms with van der Waals surface area (Å²) in [5, 5.41) is 2.13. The highest BCUT2D eigenvalue weighted by Gasteiger charge is 2.16. The van der Waals surface area contributed by atoms with Gasteiger partial charge in [0.15, 0.2) is 17.5 Å². The summed E-state index contributed by atoms with van der Waals surface area (Å²) in [6, 6.07) is 2.82. The largest absolute Gasteiger partial charge is 0.382 e. The zero-order chi connectivity index (χ0) is 14.9. The van der Waals surface area contributed by atoms with Crippen LogP contribution in [0.5, 0.6) is 0 Å². The number of nitrogens with two attached hydrogens (primary N) is 1. The van der Waals surface area contributed by atoms with Crippen LogP contribution in [0.25, 0.3) is 0 Å². The zero-order valence-electron chi connectivity index (χ0n) is 9.75. The van der Waals surface area contributed by atoms with Gasteiger partial charge in [-0.3, -0.25) is 4.79 Å². The molecule has 3 N–H and O–H groups in total. The number of hydrogen-bond acceptors (Lipinski definition) is 3. The molecule has 8 heteroatoms. The average Bonchev–Trinajstić information content (AvgIpc) is 2.42. The van der Waals surface area contributed by atoms with Gasteiger partial charge in [0.05, 0.1) is 16.3 Å². The highest BCUT2D eigenvalue weighted by atomic mass is 35.5. The molecule has 1 amide bonds. The molecule has 0 aliphatic heterocycles. The van der Waals surface area contributed by atoms with Gasteiger partial charge < -0.3 is 11.1 Å². The Morgan fingerprint density at radius 1 is 1.25 bits per heavy atom. The van der Waals surface area contributed by atoms with E-state index in [-0.39, 0.29) is 16.4 Å². The first kappa shape index (κ1) is 14.1. The van der Waals surface area contributed by atoms with Crippen LogP contribution in [-0.2, 0) is 0 Å². The molecule has 0 unspecified atom stereocenters. The molecule has 20 heavy (non-hydrogen) atoms. The maximum Gasteiger partial charge on any atom is 0.257 e. The van der Waals surface area contributed by atoms with Crippen molar-refractivity contribution in [3.63, 3.8) is 0 Å². The Balaban J connectivity index is 2.28. The van der Waals surface area contributed by atoms with Gasteiger partial charge in [-0.1, -0.05) is 11.6 Å². The van der Waals surface area contributed by atoms with Crippen LogP contribution in [0.15, 0.2) is 24.4 Å². The van der Waals surface area contributed by atoms with E-state index in [1.165, 1.54) is 6.07 Å². The maximum absolute atomic E-state index is 13.4. The third-order valence-electron chi connectivity index (χ3n) is 2.42. The molecule has 0 spiro atoms. The molecule has 0 atom stereocenters. The monoisotopic (exact) mass is 301 g/mol. The van der Waals surface area contributed by atoms with Crippen molar-refractivity contribution >= 4 is 29.0 Å². The van der Waals surface area contributed by atoms with E-state index < -0.39 is 29.0 Å². The first-order valence-electron chi connectivity index (χ1n) is 5.26. The van der Waals surface area contributed by atoms with Crippen molar-refractivity contribution in [2.45, 2.75) is 0 Å². The van der Waals surface area contributed by atoms with E-state index in [1.807, 2.05) is 0 Å². The van der Waals surface area contributed by atoms with Gasteiger partial charge in [0.25, 0.3) is 5.91 Å². The summed E-state index contributed by atoms with van der Waals surface area (Å²) in [5.74, 6) is -5.27. The van der Waals surface area contributed by atoms with Crippen LogP contribution in [0.4, 0.5) is 24.7 Å². The van der Waals surface area contributed by atoms with E-state index in [9.17, 15) is 18.0 Å². The van der Waals surface area contributed by atoms with E-state index in [4.69, 9.17) is 17.3 Å². The molecule has 1 aromatic carbocycles. The average molecular weight is 302 g/mol. The quantitative estimate of drug-likeness (QED) is 0.838. The van der Waals surface area contributed by atoms with Crippen LogP contribution in [0.2, 0.25) is 5.02 Å². The molecule has 0 aliphatic carbocycles. The van der Waals surface area contributed by atoms with Crippen molar-refractivity contribution in [3.05, 3.63) is 52.4 Å². The molecular formula is C12H7ClF3N3O. The van der Waals surface area contributed by atoms with Gasteiger partial charge in [0.2, 0.25) is 0 Å². The summed E-state index contributed by atoms with van der Waals surface area (Å²) in [6.45, 7) is 0. The van der Waals surface area contributed by atoms with Crippen LogP contribution in [-0.4, -0.2) is 10.9 Å². The van der Waals surface area contributed by atoms with Gasteiger partial charge in [-0.05, 0) is 18.2 Å². The lowest BCUT2D eigenvalue weighted by Gasteiger charge is -2.07. The molecule has 0 bridgehead atoms. The van der Waals surface area contributed by atoms with Crippen LogP contribution in [0, 0.1) is 17.5 Å². The Morgan fingerprint density at radius 3 is 2.60 bits per heavy atom. The smallest absolute Gasteiger partial charge is 0.257 e. The van der Waals surface area contributed by atoms with Crippen LogP contribution in [0.1, 0.15) is 10.4 Å². The molecule has 2 aromatic rings. The topological polar surface area (TPSA) is 68.0 Å². The third kappa shape index (κ3) is 2.67. The lowest BCUT2D eigenvalue weighted by atomic mass is 10.2. The summed E-state index contributed by atoms with van der Waals surface area (Å²) < 4.78 is 39.1. The van der Waals surface area contributed by atoms with Gasteiger partial charge in [-0.2, -0.15) is 0 Å². The number of carbonyl (C=O) groups is 1. The maximum atomic E-state index is 13.4. The number of aromatic nitrogens is 1. The highest BCUT2D eigenvalue weighted by Crippen LogP contribution is 2.21. The van der Waals surface area contributed by atoms with Crippen LogP contribution in [0.3, 0.4) is 0 Å². The summed E-state index contributed by atoms with van der Waals surface area (Å²) >= 11 is 5.69. The summed E-state index contributed by atoms with van der Waals surface area (Å²) in [4.78, 5) is 15.4. The standard InChI is InChI=1S/C12H7ClF3N3O/c13-6-3-5(4-18-11(6)17)12(20)19-8-2-1-7(14)9(15)10(8)16/h1-4H,(H2,17,18)(H,19,20). The molecule has 2 rings (SSSR count). The Morgan fingerprint density at radius 2 is 1.95 bits per heavy atom. The Bertz CT molecular complexity index is 694. The predicted molar refractivity (Wildman–Crippen MR) is 67.9 cm³/mol. The number of nitrogens with one attached hydrogen (secondary N) is 1. The van der Waals surface area contributed by atoms with Gasteiger partial charge in [-0.15, -0.1) is 0 Å². The third-order valence-corrected chi connectivity index (χ3v) is 2.72. The van der Waals surface area contributed by atoms with Crippen molar-refractivity contribution in [2.24, 2.45) is 0 Å². The van der Waals surface area contributed by atoms with Gasteiger partial charge in [0, 0.05) is 6.20 Å². The first-order valence-corrected chi connectivity index (χ1v) is 5.64. The van der Waals surface area contributed by atoms with Crippen LogP contribution < -0.4 is 11.1 Å². The fourth-order valence-electron chi connectivity index (χ4n) is 1.39. The molecule has 104 valence electrons. The molecular weight excluding hydrogens is 295 g/mol. The SMILES string of the molecule is Nc1ncc(C(=O)Nc2ccc(F)c(F)c2F)cc1Cl. The Hall–Kier alpha value is -2.28. The number of anilines is 2. The molecule has 1 heterocycles. The van der Waals surface area contributed by atoms with Crippen molar-refractivity contribution in [2.75, 3.05) is 11.1 Å². The number of nitrogen functional groups attached to an aromatic ring is 1. The van der Waals surface area contributed by atoms with E-state index in [1.54, 1.807) is 0 Å². The minimum Gasteiger partial charge on any atom is -0.382 e. The molecule has 0 saturated heterocycles. The Labute approximate surface area is 116 Å². The minimum atomic E-state index is -1.67. The minimum absolute atomic E-state index is 0.00617. The second-order valence-corrected chi connectivity index (χ2v) is 4.18. The van der Waals surface area contributed by atoms with Crippen LogP contribution >= 0.6 is 11.6 Å². The summed E-state index contributed by atoms with van der Waals surface area (Å²) in [7, 11) is 0. The predicted octanol–water partition coefficient (Wildman–Crippen LogP) is 2.99. The van der Waals surface area contributed by atoms with Crippen molar-refractivity contribution in [1.82, 2.24) is 4.98 Å². The second kappa shape index (κ2) is 5.38. The molecule has 0 radical (unpaired) electrons. The highest BCUT2D eigenvalue weighted by molar-refractivity contribution is 6.33. The van der Waals surface area contributed by atoms with E-state index in [0.717, 1.165) is 12.3 Å². The van der Waals surface area contributed by atoms with E-state index >= 15 is 0 Å². The number of amides is 1. The fraction of sp³-hybridized carbons (Fsp3) is 0. The summed E-state index contributed by atoms with van der Waals surface area (Å²) in [6.07, 6.45) is 1.12. The molecule has 0 aliphatic rings. The van der Waals surface area contributed by atoms with Crippen molar-refractivity contribution < 1.29 is 18.0 Å². The van der Waals surface area contributed by atoms with E-state index in [0.29, 0.717) is 6.07 Å². The zero-order valence-corrected chi connectivity index (χ0v) is 10.5. The number of hydrogen-bond donors (Lipinski definition) is 2. The Kier molecular flexibility index (Phi) is 3.80. The molecule has 4 nitrogen and oxygen atoms in total. The van der Waals surface area contributed by atoms with Gasteiger partial charge >= 0.3 is 0 Å². The van der Waals surface area contributed by atoms with Gasteiger partial charge in [-0.25, -0.2) is 18.2 Å². The fourth-order valence-corrected chi connectivity index (χ4v) is 1.56. The van der Waals surface area contributed by atoms with Crippen molar-refractivity contribution in [1.29, 1.82) is 0 Å². The number of benzene rings is 1. The lowest BCUT2D eigenvalue weighted by molar-refractivity contribution is 0.102. The number of rotatable bonds is 2. The second-order valence-electron chi connectivity index (χ2n) is 3.77. The number of pyridine rings is 1. The molecule has 0 saturated carbocycles. The number of halogens is 4. The number of carbonyl (C=O) groups excluding carboxylic acids is 1. The van der Waals surface area contributed by atoms with Crippen molar-refractivity contribution in [3.8, 4) is 0 Å². The first-order chi connectivity index (χ1) is 9.40. The summed E-state index contributed by atoms with van der Waals surface area (Å²) in [5.41, 5.74) is 4.87.